The lowest BCUT2D eigenvalue weighted by Gasteiger charge is -2.37. The van der Waals surface area contributed by atoms with Crippen LogP contribution in [-0.2, 0) is 17.8 Å². The van der Waals surface area contributed by atoms with Gasteiger partial charge in [-0.1, -0.05) is 18.9 Å². The summed E-state index contributed by atoms with van der Waals surface area (Å²) in [6.45, 7) is 3.76. The zero-order chi connectivity index (χ0) is 16.8. The van der Waals surface area contributed by atoms with Crippen LogP contribution in [0.25, 0.3) is 0 Å². The van der Waals surface area contributed by atoms with Crippen LogP contribution in [0.15, 0.2) is 12.1 Å². The monoisotopic (exact) mass is 340 g/mol. The Morgan fingerprint density at radius 1 is 1.08 bits per heavy atom. The van der Waals surface area contributed by atoms with Gasteiger partial charge in [-0.25, -0.2) is 4.98 Å². The van der Waals surface area contributed by atoms with Crippen LogP contribution in [-0.4, -0.2) is 47.5 Å². The summed E-state index contributed by atoms with van der Waals surface area (Å²) in [6, 6.07) is 5.63. The number of fused-ring (bicyclic) bond motifs is 3. The molecule has 1 aliphatic carbocycles. The van der Waals surface area contributed by atoms with Crippen LogP contribution >= 0.6 is 0 Å². The van der Waals surface area contributed by atoms with Crippen molar-refractivity contribution in [1.82, 2.24) is 15.2 Å². The molecule has 0 radical (unpaired) electrons. The Morgan fingerprint density at radius 2 is 1.84 bits per heavy atom. The smallest absolute Gasteiger partial charge is 0.225 e. The molecule has 1 saturated carbocycles. The van der Waals surface area contributed by atoms with Crippen LogP contribution in [0, 0.1) is 5.92 Å². The van der Waals surface area contributed by atoms with Gasteiger partial charge in [0, 0.05) is 56.3 Å². The largest absolute Gasteiger partial charge is 0.348 e. The van der Waals surface area contributed by atoms with Crippen molar-refractivity contribution in [3.8, 4) is 0 Å². The standard InChI is InChI=1S/C20H28N4O/c25-20(14-3-1-2-4-14)23-10-9-18-15(13-23)5-8-19(22-18)24-16-6-7-17(24)12-21-11-16/h5,8,14,16-17,21H,1-4,6-7,9-13H2. The lowest BCUT2D eigenvalue weighted by molar-refractivity contribution is -0.136. The molecule has 134 valence electrons. The fraction of sp³-hybridized carbons (Fsp3) is 0.700. The average molecular weight is 340 g/mol. The van der Waals surface area contributed by atoms with Crippen molar-refractivity contribution in [2.75, 3.05) is 24.5 Å². The third-order valence-electron chi connectivity index (χ3n) is 6.69. The number of nitrogens with zero attached hydrogens (tertiary/aromatic N) is 3. The predicted molar refractivity (Wildman–Crippen MR) is 97.5 cm³/mol. The molecule has 1 aromatic rings. The quantitative estimate of drug-likeness (QED) is 0.896. The van der Waals surface area contributed by atoms with E-state index >= 15 is 0 Å². The Hall–Kier alpha value is -1.62. The average Bonchev–Trinajstić information content (AvgIpc) is 3.27. The van der Waals surface area contributed by atoms with Crippen LogP contribution in [0.2, 0.25) is 0 Å². The highest BCUT2D eigenvalue weighted by atomic mass is 16.2. The van der Waals surface area contributed by atoms with Gasteiger partial charge in [0.15, 0.2) is 0 Å². The maximum Gasteiger partial charge on any atom is 0.225 e. The molecule has 0 spiro atoms. The lowest BCUT2D eigenvalue weighted by Crippen LogP contribution is -2.52. The number of amides is 1. The van der Waals surface area contributed by atoms with Crippen molar-refractivity contribution < 1.29 is 4.79 Å². The summed E-state index contributed by atoms with van der Waals surface area (Å²) >= 11 is 0. The maximum atomic E-state index is 12.7. The van der Waals surface area contributed by atoms with Crippen LogP contribution in [0.1, 0.15) is 49.8 Å². The van der Waals surface area contributed by atoms with E-state index in [-0.39, 0.29) is 5.92 Å². The van der Waals surface area contributed by atoms with Gasteiger partial charge < -0.3 is 15.1 Å². The molecular weight excluding hydrogens is 312 g/mol. The normalized spacial score (nSPS) is 29.1. The van der Waals surface area contributed by atoms with Crippen molar-refractivity contribution in [3.63, 3.8) is 0 Å². The minimum absolute atomic E-state index is 0.283. The number of piperazine rings is 1. The zero-order valence-corrected chi connectivity index (χ0v) is 14.9. The van der Waals surface area contributed by atoms with Gasteiger partial charge in [0.2, 0.25) is 5.91 Å². The molecule has 2 unspecified atom stereocenters. The van der Waals surface area contributed by atoms with Gasteiger partial charge in [-0.3, -0.25) is 4.79 Å². The molecule has 5 nitrogen and oxygen atoms in total. The van der Waals surface area contributed by atoms with Crippen molar-refractivity contribution >= 4 is 11.7 Å². The summed E-state index contributed by atoms with van der Waals surface area (Å²) in [4.78, 5) is 22.4. The van der Waals surface area contributed by atoms with E-state index in [1.54, 1.807) is 0 Å². The van der Waals surface area contributed by atoms with Crippen molar-refractivity contribution in [2.24, 2.45) is 5.92 Å². The second-order valence-electron chi connectivity index (χ2n) is 8.22. The topological polar surface area (TPSA) is 48.5 Å². The third-order valence-corrected chi connectivity index (χ3v) is 6.69. The first kappa shape index (κ1) is 15.6. The fourth-order valence-corrected chi connectivity index (χ4v) is 5.32. The minimum Gasteiger partial charge on any atom is -0.348 e. The molecule has 25 heavy (non-hydrogen) atoms. The highest BCUT2D eigenvalue weighted by molar-refractivity contribution is 5.79. The first-order chi connectivity index (χ1) is 12.3. The molecule has 3 aliphatic heterocycles. The van der Waals surface area contributed by atoms with E-state index in [0.29, 0.717) is 18.0 Å². The van der Waals surface area contributed by atoms with E-state index in [4.69, 9.17) is 4.98 Å². The number of carbonyl (C=O) groups is 1. The second-order valence-corrected chi connectivity index (χ2v) is 8.22. The predicted octanol–water partition coefficient (Wildman–Crippen LogP) is 2.10. The molecule has 2 atom stereocenters. The zero-order valence-electron chi connectivity index (χ0n) is 14.9. The number of aromatic nitrogens is 1. The molecule has 3 fully saturated rings. The van der Waals surface area contributed by atoms with Gasteiger partial charge in [-0.15, -0.1) is 0 Å². The first-order valence-electron chi connectivity index (χ1n) is 10.1. The van der Waals surface area contributed by atoms with E-state index in [1.165, 1.54) is 36.9 Å². The first-order valence-corrected chi connectivity index (χ1v) is 10.1. The number of anilines is 1. The molecule has 1 amide bonds. The fourth-order valence-electron chi connectivity index (χ4n) is 5.32. The Bertz CT molecular complexity index is 654. The van der Waals surface area contributed by atoms with Gasteiger partial charge in [-0.05, 0) is 37.3 Å². The van der Waals surface area contributed by atoms with Crippen molar-refractivity contribution in [2.45, 2.75) is 63.6 Å². The van der Waals surface area contributed by atoms with Crippen molar-refractivity contribution in [1.29, 1.82) is 0 Å². The number of rotatable bonds is 2. The number of carbonyl (C=O) groups excluding carboxylic acids is 1. The van der Waals surface area contributed by atoms with Gasteiger partial charge in [0.1, 0.15) is 5.82 Å². The van der Waals surface area contributed by atoms with E-state index in [1.807, 2.05) is 0 Å². The van der Waals surface area contributed by atoms with Gasteiger partial charge in [0.05, 0.1) is 0 Å². The molecule has 4 aliphatic rings. The Morgan fingerprint density at radius 3 is 2.60 bits per heavy atom. The maximum absolute atomic E-state index is 12.7. The number of pyridine rings is 1. The van der Waals surface area contributed by atoms with Crippen LogP contribution in [0.5, 0.6) is 0 Å². The summed E-state index contributed by atoms with van der Waals surface area (Å²) in [7, 11) is 0. The highest BCUT2D eigenvalue weighted by Crippen LogP contribution is 2.33. The number of hydrogen-bond acceptors (Lipinski definition) is 4. The summed E-state index contributed by atoms with van der Waals surface area (Å²) in [5.74, 6) is 1.82. The Labute approximate surface area is 149 Å². The van der Waals surface area contributed by atoms with E-state index in [9.17, 15) is 4.79 Å². The minimum atomic E-state index is 0.283. The van der Waals surface area contributed by atoms with Crippen LogP contribution in [0.4, 0.5) is 5.82 Å². The number of hydrogen-bond donors (Lipinski definition) is 1. The second kappa shape index (κ2) is 6.27. The highest BCUT2D eigenvalue weighted by Gasteiger charge is 2.37. The molecule has 0 aromatic carbocycles. The van der Waals surface area contributed by atoms with Gasteiger partial charge >= 0.3 is 0 Å². The molecule has 5 heteroatoms. The summed E-state index contributed by atoms with van der Waals surface area (Å²) < 4.78 is 0. The SMILES string of the molecule is O=C(C1CCCC1)N1CCc2nc(N3C4CCC3CNC4)ccc2C1. The molecule has 5 rings (SSSR count). The molecule has 4 heterocycles. The van der Waals surface area contributed by atoms with E-state index in [0.717, 1.165) is 51.3 Å². The molecule has 2 saturated heterocycles. The molecule has 1 aromatic heterocycles. The summed E-state index contributed by atoms with van der Waals surface area (Å²) in [6.07, 6.45) is 8.08. The number of nitrogens with one attached hydrogen (secondary N) is 1. The third kappa shape index (κ3) is 2.73. The summed E-state index contributed by atoms with van der Waals surface area (Å²) in [5, 5.41) is 3.54. The van der Waals surface area contributed by atoms with E-state index < -0.39 is 0 Å². The van der Waals surface area contributed by atoms with Crippen LogP contribution < -0.4 is 10.2 Å². The van der Waals surface area contributed by atoms with E-state index in [2.05, 4.69) is 27.2 Å². The van der Waals surface area contributed by atoms with Crippen LogP contribution in [0.3, 0.4) is 0 Å². The Balaban J connectivity index is 1.33. The lowest BCUT2D eigenvalue weighted by atomic mass is 10.0. The molecule has 1 N–H and O–H groups in total. The summed E-state index contributed by atoms with van der Waals surface area (Å²) in [5.41, 5.74) is 2.47. The molecular formula is C20H28N4O. The Kier molecular flexibility index (Phi) is 3.92. The van der Waals surface area contributed by atoms with Gasteiger partial charge in [-0.2, -0.15) is 0 Å². The van der Waals surface area contributed by atoms with Gasteiger partial charge in [0.25, 0.3) is 0 Å². The molecule has 2 bridgehead atoms. The van der Waals surface area contributed by atoms with Crippen molar-refractivity contribution in [3.05, 3.63) is 23.4 Å².